The van der Waals surface area contributed by atoms with E-state index in [1.54, 1.807) is 17.0 Å². The molecule has 0 radical (unpaired) electrons. The predicted molar refractivity (Wildman–Crippen MR) is 64.5 cm³/mol. The fourth-order valence-electron chi connectivity index (χ4n) is 2.02. The Hall–Kier alpha value is -2.00. The first-order valence-electron chi connectivity index (χ1n) is 5.61. The van der Waals surface area contributed by atoms with E-state index in [-0.39, 0.29) is 11.4 Å². The van der Waals surface area contributed by atoms with Gasteiger partial charge in [-0.05, 0) is 24.1 Å². The summed E-state index contributed by atoms with van der Waals surface area (Å²) in [7, 11) is 0. The third kappa shape index (κ3) is 2.10. The number of hydrogen-bond donors (Lipinski definition) is 0. The molecule has 2 rings (SSSR count). The van der Waals surface area contributed by atoms with Crippen LogP contribution in [0.2, 0.25) is 0 Å². The van der Waals surface area contributed by atoms with Crippen molar-refractivity contribution in [3.05, 3.63) is 46.3 Å². The minimum absolute atomic E-state index is 0.00261. The van der Waals surface area contributed by atoms with Gasteiger partial charge in [0, 0.05) is 23.6 Å². The first-order chi connectivity index (χ1) is 8.21. The largest absolute Gasteiger partial charge is 0.337 e. The van der Waals surface area contributed by atoms with Gasteiger partial charge in [0.05, 0.1) is 5.54 Å². The molecule has 1 saturated heterocycles. The van der Waals surface area contributed by atoms with Crippen LogP contribution in [0.25, 0.3) is 10.4 Å². The smallest absolute Gasteiger partial charge is 0.253 e. The van der Waals surface area contributed by atoms with Gasteiger partial charge in [-0.15, -0.1) is 0 Å². The second-order valence-electron chi connectivity index (χ2n) is 4.29. The van der Waals surface area contributed by atoms with Crippen molar-refractivity contribution in [3.8, 4) is 0 Å². The second-order valence-corrected chi connectivity index (χ2v) is 4.29. The molecule has 0 N–H and O–H groups in total. The zero-order valence-corrected chi connectivity index (χ0v) is 9.71. The van der Waals surface area contributed by atoms with Gasteiger partial charge in [0.15, 0.2) is 0 Å². The van der Waals surface area contributed by atoms with Crippen LogP contribution in [-0.2, 0) is 0 Å². The fraction of sp³-hybridized carbons (Fsp3) is 0.417. The number of azide groups is 1. The number of amides is 1. The van der Waals surface area contributed by atoms with Gasteiger partial charge in [0.2, 0.25) is 0 Å². The summed E-state index contributed by atoms with van der Waals surface area (Å²) in [6.07, 6.45) is 0.760. The summed E-state index contributed by atoms with van der Waals surface area (Å²) in [5.41, 5.74) is 8.78. The molecule has 0 saturated carbocycles. The van der Waals surface area contributed by atoms with Gasteiger partial charge in [-0.1, -0.05) is 30.2 Å². The Morgan fingerprint density at radius 2 is 2.12 bits per heavy atom. The summed E-state index contributed by atoms with van der Waals surface area (Å²) in [4.78, 5) is 16.6. The number of benzene rings is 1. The van der Waals surface area contributed by atoms with Crippen LogP contribution in [0.3, 0.4) is 0 Å². The average Bonchev–Trinajstić information content (AvgIpc) is 2.33. The molecule has 0 unspecified atom stereocenters. The second kappa shape index (κ2) is 4.47. The zero-order valence-electron chi connectivity index (χ0n) is 9.71. The van der Waals surface area contributed by atoms with Gasteiger partial charge in [-0.25, -0.2) is 0 Å². The maximum atomic E-state index is 12.0. The highest BCUT2D eigenvalue weighted by Gasteiger charge is 2.43. The number of nitrogens with zero attached hydrogens (tertiary/aromatic N) is 4. The Kier molecular flexibility index (Phi) is 3.02. The minimum atomic E-state index is -0.390. The molecule has 5 heteroatoms. The lowest BCUT2D eigenvalue weighted by Crippen LogP contribution is -2.61. The van der Waals surface area contributed by atoms with Crippen molar-refractivity contribution in [2.45, 2.75) is 18.9 Å². The lowest BCUT2D eigenvalue weighted by Gasteiger charge is -2.46. The molecule has 1 aliphatic heterocycles. The van der Waals surface area contributed by atoms with E-state index in [0.717, 1.165) is 6.42 Å². The molecular weight excluding hydrogens is 216 g/mol. The normalized spacial score (nSPS) is 16.9. The summed E-state index contributed by atoms with van der Waals surface area (Å²) in [5, 5.41) is 3.79. The van der Waals surface area contributed by atoms with Gasteiger partial charge < -0.3 is 4.90 Å². The molecule has 17 heavy (non-hydrogen) atoms. The SMILES string of the molecule is CCC1(N=[N+]=[N-])CN(C(=O)c2ccccc2)C1. The van der Waals surface area contributed by atoms with Gasteiger partial charge in [0.1, 0.15) is 0 Å². The molecular formula is C12H14N4O. The Bertz CT molecular complexity index is 459. The minimum Gasteiger partial charge on any atom is -0.337 e. The number of likely N-dealkylation sites (tertiary alicyclic amines) is 1. The first-order valence-corrected chi connectivity index (χ1v) is 5.61. The van der Waals surface area contributed by atoms with E-state index in [9.17, 15) is 4.79 Å². The molecule has 0 spiro atoms. The molecule has 1 aliphatic rings. The lowest BCUT2D eigenvalue weighted by molar-refractivity contribution is 0.0403. The maximum absolute atomic E-state index is 12.0. The third-order valence-electron chi connectivity index (χ3n) is 3.19. The van der Waals surface area contributed by atoms with Crippen molar-refractivity contribution in [2.75, 3.05) is 13.1 Å². The van der Waals surface area contributed by atoms with Gasteiger partial charge in [0.25, 0.3) is 5.91 Å². The van der Waals surface area contributed by atoms with Crippen molar-refractivity contribution in [3.63, 3.8) is 0 Å². The first kappa shape index (κ1) is 11.5. The molecule has 0 aliphatic carbocycles. The highest BCUT2D eigenvalue weighted by Crippen LogP contribution is 2.30. The van der Waals surface area contributed by atoms with E-state index in [4.69, 9.17) is 5.53 Å². The van der Waals surface area contributed by atoms with Gasteiger partial charge in [-0.3, -0.25) is 4.79 Å². The van der Waals surface area contributed by atoms with Crippen molar-refractivity contribution in [1.82, 2.24) is 4.90 Å². The van der Waals surface area contributed by atoms with Gasteiger partial charge >= 0.3 is 0 Å². The maximum Gasteiger partial charge on any atom is 0.253 e. The number of rotatable bonds is 3. The standard InChI is InChI=1S/C12H14N4O/c1-2-12(14-15-13)8-16(9-12)11(17)10-6-4-3-5-7-10/h3-7H,2,8-9H2,1H3. The van der Waals surface area contributed by atoms with Crippen molar-refractivity contribution in [1.29, 1.82) is 0 Å². The molecule has 1 aromatic rings. The summed E-state index contributed by atoms with van der Waals surface area (Å²) >= 11 is 0. The van der Waals surface area contributed by atoms with Crippen LogP contribution >= 0.6 is 0 Å². The molecule has 1 heterocycles. The van der Waals surface area contributed by atoms with Crippen molar-refractivity contribution in [2.24, 2.45) is 5.11 Å². The van der Waals surface area contributed by atoms with E-state index in [1.807, 2.05) is 25.1 Å². The summed E-state index contributed by atoms with van der Waals surface area (Å²) in [5.74, 6) is 0.00261. The van der Waals surface area contributed by atoms with E-state index in [2.05, 4.69) is 10.0 Å². The number of carbonyl (C=O) groups excluding carboxylic acids is 1. The Morgan fingerprint density at radius 1 is 1.47 bits per heavy atom. The highest BCUT2D eigenvalue weighted by molar-refractivity contribution is 5.94. The number of hydrogen-bond acceptors (Lipinski definition) is 2. The molecule has 0 aromatic heterocycles. The lowest BCUT2D eigenvalue weighted by atomic mass is 9.87. The van der Waals surface area contributed by atoms with Crippen LogP contribution in [0.4, 0.5) is 0 Å². The number of carbonyl (C=O) groups is 1. The molecule has 1 aromatic carbocycles. The van der Waals surface area contributed by atoms with Crippen molar-refractivity contribution >= 4 is 5.91 Å². The van der Waals surface area contributed by atoms with E-state index in [1.165, 1.54) is 0 Å². The third-order valence-corrected chi connectivity index (χ3v) is 3.19. The van der Waals surface area contributed by atoms with E-state index in [0.29, 0.717) is 18.7 Å². The molecule has 0 atom stereocenters. The average molecular weight is 230 g/mol. The monoisotopic (exact) mass is 230 g/mol. The Balaban J connectivity index is 2.05. The summed E-state index contributed by atoms with van der Waals surface area (Å²) in [6, 6.07) is 9.15. The highest BCUT2D eigenvalue weighted by atomic mass is 16.2. The van der Waals surface area contributed by atoms with Crippen LogP contribution in [0, 0.1) is 0 Å². The fourth-order valence-corrected chi connectivity index (χ4v) is 2.02. The van der Waals surface area contributed by atoms with Crippen LogP contribution in [-0.4, -0.2) is 29.4 Å². The van der Waals surface area contributed by atoms with Crippen LogP contribution in [0.5, 0.6) is 0 Å². The van der Waals surface area contributed by atoms with E-state index >= 15 is 0 Å². The molecule has 88 valence electrons. The van der Waals surface area contributed by atoms with Gasteiger partial charge in [-0.2, -0.15) is 0 Å². The topological polar surface area (TPSA) is 69.1 Å². The zero-order chi connectivity index (χ0) is 12.3. The van der Waals surface area contributed by atoms with E-state index < -0.39 is 0 Å². The molecule has 0 bridgehead atoms. The Labute approximate surface area is 99.7 Å². The summed E-state index contributed by atoms with van der Waals surface area (Å²) in [6.45, 7) is 3.00. The molecule has 1 fully saturated rings. The van der Waals surface area contributed by atoms with Crippen LogP contribution in [0.1, 0.15) is 23.7 Å². The van der Waals surface area contributed by atoms with Crippen molar-refractivity contribution < 1.29 is 4.79 Å². The van der Waals surface area contributed by atoms with Crippen LogP contribution in [0.15, 0.2) is 35.4 Å². The summed E-state index contributed by atoms with van der Waals surface area (Å²) < 4.78 is 0. The van der Waals surface area contributed by atoms with Crippen LogP contribution < -0.4 is 0 Å². The molecule has 5 nitrogen and oxygen atoms in total. The Morgan fingerprint density at radius 3 is 2.65 bits per heavy atom. The molecule has 1 amide bonds. The quantitative estimate of drug-likeness (QED) is 0.447. The predicted octanol–water partition coefficient (Wildman–Crippen LogP) is 2.60.